The van der Waals surface area contributed by atoms with Gasteiger partial charge in [-0.1, -0.05) is 63.6 Å². The second-order valence-corrected chi connectivity index (χ2v) is 8.65. The number of carboxylic acid groups (broad SMARTS) is 1. The Balaban J connectivity index is 0.000000564. The Kier molecular flexibility index (Phi) is 14.8. The Morgan fingerprint density at radius 1 is 1.00 bits per heavy atom. The summed E-state index contributed by atoms with van der Waals surface area (Å²) in [5.74, 6) is -0.562. The number of carboxylic acids is 1. The average molecular weight is 471 g/mol. The first-order valence-corrected chi connectivity index (χ1v) is 12.7. The van der Waals surface area contributed by atoms with E-state index < -0.39 is 22.2 Å². The standard InChI is InChI=1S/C14H20O3.C7H9O3PS.C2H6/c1-3-5-11-6-8-12(9-7-11)10-13(14(15)16)17-4-2;1-12(8,9)10-6-2-4-7(11)5-3-6;1-2/h6-9,13H,3-5,10H2,1-2H3,(H,15,16);2-5H,11H2,1H3;1-2H3. The van der Waals surface area contributed by atoms with Gasteiger partial charge in [0.05, 0.1) is 6.26 Å². The Morgan fingerprint density at radius 2 is 1.52 bits per heavy atom. The number of aryl methyl sites for hydroxylation is 1. The fourth-order valence-electron chi connectivity index (χ4n) is 2.46. The van der Waals surface area contributed by atoms with Crippen LogP contribution >= 0.6 is 9.24 Å². The van der Waals surface area contributed by atoms with Gasteiger partial charge in [0.15, 0.2) is 6.10 Å². The molecular weight excluding hydrogens is 435 g/mol. The van der Waals surface area contributed by atoms with Crippen molar-refractivity contribution in [1.29, 1.82) is 0 Å². The minimum absolute atomic E-state index is 0.337. The van der Waals surface area contributed by atoms with Crippen LogP contribution in [-0.2, 0) is 32.5 Å². The zero-order chi connectivity index (χ0) is 23.9. The van der Waals surface area contributed by atoms with Crippen LogP contribution in [0.4, 0.5) is 0 Å². The average Bonchev–Trinajstić information content (AvgIpc) is 2.72. The third kappa shape index (κ3) is 13.9. The predicted octanol–water partition coefficient (Wildman–Crippen LogP) is 4.22. The first kappa shape index (κ1) is 29.1. The van der Waals surface area contributed by atoms with Gasteiger partial charge >= 0.3 is 16.1 Å². The summed E-state index contributed by atoms with van der Waals surface area (Å²) in [6.45, 7) is 8.37. The largest absolute Gasteiger partial charge is 0.479 e. The molecule has 0 aromatic heterocycles. The van der Waals surface area contributed by atoms with Crippen LogP contribution in [0.5, 0.6) is 5.75 Å². The highest BCUT2D eigenvalue weighted by atomic mass is 32.2. The molecule has 2 rings (SSSR count). The molecule has 2 atom stereocenters. The molecule has 2 unspecified atom stereocenters. The van der Waals surface area contributed by atoms with E-state index >= 15 is 0 Å². The number of hydrogen-bond acceptors (Lipinski definition) is 5. The summed E-state index contributed by atoms with van der Waals surface area (Å²) in [6.07, 6.45) is 2.89. The van der Waals surface area contributed by atoms with Gasteiger partial charge in [0.2, 0.25) is 0 Å². The highest BCUT2D eigenvalue weighted by Crippen LogP contribution is 2.11. The van der Waals surface area contributed by atoms with Gasteiger partial charge in [-0.2, -0.15) is 8.42 Å². The Morgan fingerprint density at radius 3 is 1.94 bits per heavy atom. The number of benzene rings is 2. The zero-order valence-corrected chi connectivity index (χ0v) is 21.0. The first-order chi connectivity index (χ1) is 14.6. The molecule has 8 heteroatoms. The smallest absolute Gasteiger partial charge is 0.333 e. The SMILES string of the molecule is CC.CCCc1ccc(CC(OCC)C(=O)O)cc1.CS(=O)(=O)Oc1ccc(P)cc1. The lowest BCUT2D eigenvalue weighted by molar-refractivity contribution is -0.149. The van der Waals surface area contributed by atoms with Crippen molar-refractivity contribution in [2.75, 3.05) is 12.9 Å². The number of rotatable bonds is 9. The van der Waals surface area contributed by atoms with E-state index in [1.807, 2.05) is 26.0 Å². The lowest BCUT2D eigenvalue weighted by Gasteiger charge is -2.12. The molecule has 0 radical (unpaired) electrons. The quantitative estimate of drug-likeness (QED) is 0.436. The summed E-state index contributed by atoms with van der Waals surface area (Å²) in [6, 6.07) is 14.8. The maximum absolute atomic E-state index is 10.9. The second-order valence-electron chi connectivity index (χ2n) is 6.41. The third-order valence-corrected chi connectivity index (χ3v) is 4.63. The van der Waals surface area contributed by atoms with E-state index in [2.05, 4.69) is 32.5 Å². The molecule has 0 spiro atoms. The van der Waals surface area contributed by atoms with Crippen LogP contribution in [0, 0.1) is 0 Å². The molecule has 0 bridgehead atoms. The van der Waals surface area contributed by atoms with Gasteiger partial charge in [-0.25, -0.2) is 4.79 Å². The molecule has 174 valence electrons. The van der Waals surface area contributed by atoms with Crippen molar-refractivity contribution in [1.82, 2.24) is 0 Å². The van der Waals surface area contributed by atoms with Crippen LogP contribution in [0.15, 0.2) is 48.5 Å². The highest BCUT2D eigenvalue weighted by molar-refractivity contribution is 7.86. The molecule has 2 aromatic carbocycles. The van der Waals surface area contributed by atoms with E-state index in [0.29, 0.717) is 18.8 Å². The summed E-state index contributed by atoms with van der Waals surface area (Å²) in [5.41, 5.74) is 2.30. The molecular formula is C23H35O6PS. The molecule has 0 saturated carbocycles. The van der Waals surface area contributed by atoms with Crippen LogP contribution in [-0.4, -0.2) is 38.5 Å². The van der Waals surface area contributed by atoms with Crippen molar-refractivity contribution in [3.05, 3.63) is 59.7 Å². The molecule has 0 heterocycles. The maximum atomic E-state index is 10.9. The van der Waals surface area contributed by atoms with Gasteiger partial charge in [0, 0.05) is 13.0 Å². The lowest BCUT2D eigenvalue weighted by atomic mass is 10.0. The van der Waals surface area contributed by atoms with Crippen molar-refractivity contribution in [3.8, 4) is 5.75 Å². The Labute approximate surface area is 189 Å². The molecule has 0 amide bonds. The van der Waals surface area contributed by atoms with E-state index in [-0.39, 0.29) is 0 Å². The minimum atomic E-state index is -3.40. The highest BCUT2D eigenvalue weighted by Gasteiger charge is 2.17. The van der Waals surface area contributed by atoms with E-state index in [0.717, 1.165) is 30.0 Å². The summed E-state index contributed by atoms with van der Waals surface area (Å²) >= 11 is 0. The predicted molar refractivity (Wildman–Crippen MR) is 130 cm³/mol. The molecule has 0 aliphatic carbocycles. The summed E-state index contributed by atoms with van der Waals surface area (Å²) < 4.78 is 31.1. The number of ether oxygens (including phenoxy) is 1. The van der Waals surface area contributed by atoms with E-state index in [4.69, 9.17) is 9.84 Å². The van der Waals surface area contributed by atoms with Crippen molar-refractivity contribution >= 4 is 30.6 Å². The molecule has 31 heavy (non-hydrogen) atoms. The number of hydrogen-bond donors (Lipinski definition) is 1. The van der Waals surface area contributed by atoms with Crippen LogP contribution in [0.25, 0.3) is 0 Å². The monoisotopic (exact) mass is 470 g/mol. The number of carbonyl (C=O) groups is 1. The van der Waals surface area contributed by atoms with Crippen molar-refractivity contribution in [2.45, 2.75) is 53.1 Å². The second kappa shape index (κ2) is 15.8. The summed E-state index contributed by atoms with van der Waals surface area (Å²) in [7, 11) is -0.899. The normalized spacial score (nSPS) is 11.3. The van der Waals surface area contributed by atoms with Crippen molar-refractivity contribution < 1.29 is 27.2 Å². The molecule has 0 saturated heterocycles. The van der Waals surface area contributed by atoms with Gasteiger partial charge in [0.25, 0.3) is 0 Å². The van der Waals surface area contributed by atoms with Crippen LogP contribution in [0.2, 0.25) is 0 Å². The summed E-state index contributed by atoms with van der Waals surface area (Å²) in [4.78, 5) is 10.9. The first-order valence-electron chi connectivity index (χ1n) is 10.3. The van der Waals surface area contributed by atoms with Gasteiger partial charge in [-0.15, -0.1) is 9.24 Å². The van der Waals surface area contributed by atoms with Crippen LogP contribution in [0.1, 0.15) is 45.2 Å². The Hall–Kier alpha value is -1.95. The van der Waals surface area contributed by atoms with Gasteiger partial charge in [-0.05, 0) is 41.9 Å². The molecule has 1 N–H and O–H groups in total. The topological polar surface area (TPSA) is 89.9 Å². The molecule has 0 aliphatic heterocycles. The van der Waals surface area contributed by atoms with Gasteiger partial charge < -0.3 is 14.0 Å². The fourth-order valence-corrected chi connectivity index (χ4v) is 3.11. The van der Waals surface area contributed by atoms with Crippen LogP contribution < -0.4 is 9.49 Å². The van der Waals surface area contributed by atoms with Gasteiger partial charge in [0.1, 0.15) is 5.75 Å². The lowest BCUT2D eigenvalue weighted by Crippen LogP contribution is -2.26. The number of aliphatic carboxylic acids is 1. The maximum Gasteiger partial charge on any atom is 0.333 e. The molecule has 2 aromatic rings. The van der Waals surface area contributed by atoms with E-state index in [1.54, 1.807) is 31.2 Å². The Bertz CT molecular complexity index is 849. The molecule has 0 fully saturated rings. The van der Waals surface area contributed by atoms with Crippen molar-refractivity contribution in [2.24, 2.45) is 0 Å². The van der Waals surface area contributed by atoms with Crippen molar-refractivity contribution in [3.63, 3.8) is 0 Å². The minimum Gasteiger partial charge on any atom is -0.479 e. The van der Waals surface area contributed by atoms with Gasteiger partial charge in [-0.3, -0.25) is 0 Å². The van der Waals surface area contributed by atoms with Crippen LogP contribution in [0.3, 0.4) is 0 Å². The fraction of sp³-hybridized carbons (Fsp3) is 0.435. The third-order valence-electron chi connectivity index (χ3n) is 3.75. The molecule has 6 nitrogen and oxygen atoms in total. The zero-order valence-electron chi connectivity index (χ0n) is 19.0. The molecule has 0 aliphatic rings. The van der Waals surface area contributed by atoms with E-state index in [1.165, 1.54) is 5.56 Å². The van der Waals surface area contributed by atoms with E-state index in [9.17, 15) is 13.2 Å². The summed E-state index contributed by atoms with van der Waals surface area (Å²) in [5, 5.41) is 9.96.